The molecular formula is C22H20N2O7S. The number of carbonyl (C=O) groups excluding carboxylic acids is 2. The number of benzene rings is 2. The zero-order valence-electron chi connectivity index (χ0n) is 16.9. The average molecular weight is 456 g/mol. The Morgan fingerprint density at radius 2 is 1.72 bits per heavy atom. The second-order valence-corrected chi connectivity index (χ2v) is 9.18. The van der Waals surface area contributed by atoms with E-state index in [9.17, 15) is 22.8 Å². The Balaban J connectivity index is 1.36. The van der Waals surface area contributed by atoms with Crippen molar-refractivity contribution in [2.45, 2.75) is 17.7 Å². The Morgan fingerprint density at radius 3 is 2.44 bits per heavy atom. The molecule has 0 unspecified atom stereocenters. The van der Waals surface area contributed by atoms with Crippen molar-refractivity contribution in [1.82, 2.24) is 4.31 Å². The molecule has 2 heterocycles. The minimum atomic E-state index is -3.54. The number of anilines is 1. The number of carbonyl (C=O) groups is 2. The predicted octanol–water partition coefficient (Wildman–Crippen LogP) is 2.37. The first-order valence-electron chi connectivity index (χ1n) is 9.95. The molecule has 3 aromatic rings. The molecule has 1 aliphatic rings. The molecule has 0 aliphatic carbocycles. The van der Waals surface area contributed by atoms with Crippen LogP contribution in [0, 0.1) is 0 Å². The van der Waals surface area contributed by atoms with E-state index in [1.54, 1.807) is 24.3 Å². The number of sulfonamides is 1. The summed E-state index contributed by atoms with van der Waals surface area (Å²) < 4.78 is 36.5. The van der Waals surface area contributed by atoms with Gasteiger partial charge in [0.1, 0.15) is 11.1 Å². The highest BCUT2D eigenvalue weighted by Crippen LogP contribution is 2.22. The lowest BCUT2D eigenvalue weighted by atomic mass is 10.2. The van der Waals surface area contributed by atoms with Gasteiger partial charge in [-0.2, -0.15) is 4.31 Å². The number of amides is 1. The second kappa shape index (κ2) is 8.93. The first-order valence-corrected chi connectivity index (χ1v) is 11.4. The number of para-hydroxylation sites is 1. The number of hydrogen-bond acceptors (Lipinski definition) is 7. The van der Waals surface area contributed by atoms with Crippen molar-refractivity contribution < 1.29 is 27.2 Å². The minimum Gasteiger partial charge on any atom is -0.452 e. The molecule has 0 radical (unpaired) electrons. The number of ether oxygens (including phenoxy) is 1. The Morgan fingerprint density at radius 1 is 1.03 bits per heavy atom. The predicted molar refractivity (Wildman–Crippen MR) is 116 cm³/mol. The van der Waals surface area contributed by atoms with Crippen molar-refractivity contribution in [2.24, 2.45) is 0 Å². The molecule has 1 aromatic heterocycles. The molecule has 0 bridgehead atoms. The number of nitrogens with one attached hydrogen (secondary N) is 1. The van der Waals surface area contributed by atoms with E-state index in [1.807, 2.05) is 0 Å². The largest absolute Gasteiger partial charge is 0.452 e. The molecule has 166 valence electrons. The summed E-state index contributed by atoms with van der Waals surface area (Å²) in [6.45, 7) is 0.377. The molecule has 1 aliphatic heterocycles. The van der Waals surface area contributed by atoms with Crippen LogP contribution in [0.25, 0.3) is 11.0 Å². The number of esters is 1. The second-order valence-electron chi connectivity index (χ2n) is 7.25. The van der Waals surface area contributed by atoms with E-state index in [-0.39, 0.29) is 10.5 Å². The van der Waals surface area contributed by atoms with Crippen molar-refractivity contribution >= 4 is 38.6 Å². The van der Waals surface area contributed by atoms with Crippen molar-refractivity contribution in [1.29, 1.82) is 0 Å². The van der Waals surface area contributed by atoms with Gasteiger partial charge < -0.3 is 14.5 Å². The lowest BCUT2D eigenvalue weighted by Gasteiger charge is -2.15. The fourth-order valence-electron chi connectivity index (χ4n) is 3.40. The first-order chi connectivity index (χ1) is 15.3. The fourth-order valence-corrected chi connectivity index (χ4v) is 4.92. The number of nitrogens with zero attached hydrogens (tertiary/aromatic N) is 1. The monoisotopic (exact) mass is 456 g/mol. The van der Waals surface area contributed by atoms with Crippen molar-refractivity contribution in [3.05, 3.63) is 70.6 Å². The molecule has 9 nitrogen and oxygen atoms in total. The highest BCUT2D eigenvalue weighted by atomic mass is 32.2. The van der Waals surface area contributed by atoms with Gasteiger partial charge in [-0.1, -0.05) is 18.2 Å². The van der Waals surface area contributed by atoms with Crippen LogP contribution in [0.4, 0.5) is 5.69 Å². The zero-order chi connectivity index (χ0) is 22.7. The van der Waals surface area contributed by atoms with E-state index >= 15 is 0 Å². The standard InChI is InChI=1S/C22H20N2O7S/c25-20(14-30-21(26)18-13-15-5-1-2-6-19(15)31-22(18)27)23-16-7-9-17(10-8-16)32(28,29)24-11-3-4-12-24/h1-2,5-10,13H,3-4,11-12,14H2,(H,23,25). The molecule has 1 fully saturated rings. The smallest absolute Gasteiger partial charge is 0.351 e. The van der Waals surface area contributed by atoms with Gasteiger partial charge in [0, 0.05) is 24.2 Å². The van der Waals surface area contributed by atoms with Gasteiger partial charge >= 0.3 is 11.6 Å². The van der Waals surface area contributed by atoms with Gasteiger partial charge in [0.15, 0.2) is 6.61 Å². The van der Waals surface area contributed by atoms with Crippen LogP contribution in [-0.2, 0) is 19.6 Å². The van der Waals surface area contributed by atoms with Gasteiger partial charge in [0.25, 0.3) is 5.91 Å². The first kappa shape index (κ1) is 21.7. The van der Waals surface area contributed by atoms with Crippen LogP contribution in [-0.4, -0.2) is 44.3 Å². The number of rotatable bonds is 6. The van der Waals surface area contributed by atoms with E-state index in [0.29, 0.717) is 29.7 Å². The summed E-state index contributed by atoms with van der Waals surface area (Å²) in [6, 6.07) is 13.8. The molecule has 0 saturated carbocycles. The van der Waals surface area contributed by atoms with Crippen LogP contribution >= 0.6 is 0 Å². The molecule has 0 atom stereocenters. The molecule has 1 N–H and O–H groups in total. The van der Waals surface area contributed by atoms with Gasteiger partial charge in [-0.25, -0.2) is 18.0 Å². The van der Waals surface area contributed by atoms with Crippen molar-refractivity contribution in [3.63, 3.8) is 0 Å². The third-order valence-corrected chi connectivity index (χ3v) is 6.95. The maximum absolute atomic E-state index is 12.5. The third kappa shape index (κ3) is 4.56. The Labute approximate surface area is 183 Å². The summed E-state index contributed by atoms with van der Waals surface area (Å²) in [4.78, 5) is 36.5. The quantitative estimate of drug-likeness (QED) is 0.446. The molecule has 1 amide bonds. The lowest BCUT2D eigenvalue weighted by Crippen LogP contribution is -2.27. The van der Waals surface area contributed by atoms with E-state index in [1.165, 1.54) is 34.6 Å². The normalized spacial score (nSPS) is 14.4. The third-order valence-electron chi connectivity index (χ3n) is 5.04. The zero-order valence-corrected chi connectivity index (χ0v) is 17.8. The molecule has 1 saturated heterocycles. The lowest BCUT2D eigenvalue weighted by molar-refractivity contribution is -0.119. The van der Waals surface area contributed by atoms with Crippen LogP contribution in [0.2, 0.25) is 0 Å². The van der Waals surface area contributed by atoms with E-state index < -0.39 is 34.1 Å². The number of hydrogen-bond donors (Lipinski definition) is 1. The summed E-state index contributed by atoms with van der Waals surface area (Å²) in [5.41, 5.74) is -0.490. The van der Waals surface area contributed by atoms with Gasteiger partial charge in [0.05, 0.1) is 4.90 Å². The summed E-state index contributed by atoms with van der Waals surface area (Å²) in [7, 11) is -3.54. The van der Waals surface area contributed by atoms with Gasteiger partial charge in [-0.3, -0.25) is 4.79 Å². The van der Waals surface area contributed by atoms with Gasteiger partial charge in [-0.05, 0) is 49.2 Å². The topological polar surface area (TPSA) is 123 Å². The minimum absolute atomic E-state index is 0.145. The summed E-state index contributed by atoms with van der Waals surface area (Å²) in [6.07, 6.45) is 1.68. The Bertz CT molecular complexity index is 1320. The van der Waals surface area contributed by atoms with Crippen LogP contribution in [0.5, 0.6) is 0 Å². The summed E-state index contributed by atoms with van der Waals surface area (Å²) >= 11 is 0. The average Bonchev–Trinajstić information content (AvgIpc) is 3.33. The summed E-state index contributed by atoms with van der Waals surface area (Å²) in [5, 5.41) is 3.06. The van der Waals surface area contributed by atoms with Crippen molar-refractivity contribution in [3.8, 4) is 0 Å². The summed E-state index contributed by atoms with van der Waals surface area (Å²) in [5.74, 6) is -1.62. The molecule has 2 aromatic carbocycles. The SMILES string of the molecule is O=C(COC(=O)c1cc2ccccc2oc1=O)Nc1ccc(S(=O)(=O)N2CCCC2)cc1. The maximum Gasteiger partial charge on any atom is 0.351 e. The van der Waals surface area contributed by atoms with E-state index in [2.05, 4.69) is 5.32 Å². The highest BCUT2D eigenvalue weighted by Gasteiger charge is 2.27. The van der Waals surface area contributed by atoms with Gasteiger partial charge in [-0.15, -0.1) is 0 Å². The molecule has 0 spiro atoms. The van der Waals surface area contributed by atoms with E-state index in [4.69, 9.17) is 9.15 Å². The molecular weight excluding hydrogens is 436 g/mol. The maximum atomic E-state index is 12.5. The molecule has 32 heavy (non-hydrogen) atoms. The number of fused-ring (bicyclic) bond motifs is 1. The molecule has 4 rings (SSSR count). The van der Waals surface area contributed by atoms with Crippen LogP contribution in [0.1, 0.15) is 23.2 Å². The van der Waals surface area contributed by atoms with E-state index in [0.717, 1.165) is 12.8 Å². The van der Waals surface area contributed by atoms with Crippen LogP contribution in [0.15, 0.2) is 68.7 Å². The van der Waals surface area contributed by atoms with Gasteiger partial charge in [0.2, 0.25) is 10.0 Å². The highest BCUT2D eigenvalue weighted by molar-refractivity contribution is 7.89. The molecule has 10 heteroatoms. The van der Waals surface area contributed by atoms with Crippen molar-refractivity contribution in [2.75, 3.05) is 25.0 Å². The Kier molecular flexibility index (Phi) is 6.06. The fraction of sp³-hybridized carbons (Fsp3) is 0.227. The van der Waals surface area contributed by atoms with Crippen LogP contribution in [0.3, 0.4) is 0 Å². The Hall–Kier alpha value is -3.50. The van der Waals surface area contributed by atoms with Crippen LogP contribution < -0.4 is 10.9 Å².